The maximum atomic E-state index is 12.7. The Morgan fingerprint density at radius 1 is 0.906 bits per heavy atom. The lowest BCUT2D eigenvalue weighted by atomic mass is 9.98. The largest absolute Gasteiger partial charge is 0.508 e. The van der Waals surface area contributed by atoms with Crippen LogP contribution in [0.25, 0.3) is 21.9 Å². The number of carbonyl (C=O) groups is 1. The highest BCUT2D eigenvalue weighted by molar-refractivity contribution is 6.00. The molecule has 0 aliphatic heterocycles. The Labute approximate surface area is 185 Å². The van der Waals surface area contributed by atoms with Crippen LogP contribution in [0.3, 0.4) is 0 Å². The lowest BCUT2D eigenvalue weighted by molar-refractivity contribution is -0.121. The molecule has 32 heavy (non-hydrogen) atoms. The van der Waals surface area contributed by atoms with Gasteiger partial charge in [-0.25, -0.2) is 4.79 Å². The number of nitrogens with one attached hydrogen (secondary N) is 1. The number of furan rings is 1. The minimum Gasteiger partial charge on any atom is -0.508 e. The molecule has 2 N–H and O–H groups in total. The zero-order chi connectivity index (χ0) is 23.0. The van der Waals surface area contributed by atoms with E-state index in [1.165, 1.54) is 0 Å². The Morgan fingerprint density at radius 2 is 1.56 bits per heavy atom. The summed E-state index contributed by atoms with van der Waals surface area (Å²) in [5.41, 5.74) is 5.17. The summed E-state index contributed by atoms with van der Waals surface area (Å²) in [5, 5.41) is 14.1. The minimum atomic E-state index is -0.408. The minimum absolute atomic E-state index is 0.115. The zero-order valence-electron chi connectivity index (χ0n) is 18.8. The van der Waals surface area contributed by atoms with Crippen LogP contribution in [0.15, 0.2) is 44.0 Å². The molecule has 0 aliphatic carbocycles. The fourth-order valence-electron chi connectivity index (χ4n) is 4.12. The van der Waals surface area contributed by atoms with Gasteiger partial charge in [-0.2, -0.15) is 0 Å². The smallest absolute Gasteiger partial charge is 0.339 e. The van der Waals surface area contributed by atoms with E-state index in [2.05, 4.69) is 5.32 Å². The first-order chi connectivity index (χ1) is 15.3. The average Bonchev–Trinajstić information content (AvgIpc) is 3.05. The molecule has 0 unspecified atom stereocenters. The van der Waals surface area contributed by atoms with Gasteiger partial charge in [0.1, 0.15) is 22.7 Å². The standard InChI is InChI=1S/C26H27NO5/c1-14-17(4)31-24-16(3)25-22(13-21(14)24)15(2)20(26(30)32-25)9-10-23(29)27-12-11-18-5-7-19(28)8-6-18/h5-8,13,28H,9-12H2,1-4H3,(H,27,29). The number of phenols is 1. The molecule has 0 bridgehead atoms. The van der Waals surface area contributed by atoms with E-state index < -0.39 is 5.63 Å². The van der Waals surface area contributed by atoms with E-state index in [0.29, 0.717) is 30.5 Å². The summed E-state index contributed by atoms with van der Waals surface area (Å²) < 4.78 is 11.5. The van der Waals surface area contributed by atoms with Crippen LogP contribution in [-0.2, 0) is 17.6 Å². The van der Waals surface area contributed by atoms with Crippen molar-refractivity contribution in [1.82, 2.24) is 5.32 Å². The monoisotopic (exact) mass is 433 g/mol. The van der Waals surface area contributed by atoms with Crippen molar-refractivity contribution < 1.29 is 18.7 Å². The summed E-state index contributed by atoms with van der Waals surface area (Å²) in [7, 11) is 0. The molecule has 6 nitrogen and oxygen atoms in total. The highest BCUT2D eigenvalue weighted by Crippen LogP contribution is 2.34. The molecule has 0 radical (unpaired) electrons. The van der Waals surface area contributed by atoms with E-state index in [9.17, 15) is 14.7 Å². The fraction of sp³-hybridized carbons (Fsp3) is 0.308. The van der Waals surface area contributed by atoms with Crippen LogP contribution < -0.4 is 10.9 Å². The number of aromatic hydroxyl groups is 1. The van der Waals surface area contributed by atoms with E-state index in [0.717, 1.165) is 44.4 Å². The van der Waals surface area contributed by atoms with E-state index in [4.69, 9.17) is 8.83 Å². The maximum absolute atomic E-state index is 12.7. The molecule has 2 heterocycles. The molecular formula is C26H27NO5. The number of hydrogen-bond acceptors (Lipinski definition) is 5. The molecule has 4 aromatic rings. The van der Waals surface area contributed by atoms with Gasteiger partial charge in [-0.1, -0.05) is 12.1 Å². The quantitative estimate of drug-likeness (QED) is 0.427. The normalized spacial score (nSPS) is 11.4. The molecule has 0 atom stereocenters. The first-order valence-electron chi connectivity index (χ1n) is 10.8. The lowest BCUT2D eigenvalue weighted by Crippen LogP contribution is -2.26. The van der Waals surface area contributed by atoms with Crippen LogP contribution in [0.4, 0.5) is 0 Å². The third kappa shape index (κ3) is 4.00. The highest BCUT2D eigenvalue weighted by Gasteiger charge is 2.19. The van der Waals surface area contributed by atoms with Crippen LogP contribution in [0, 0.1) is 27.7 Å². The number of rotatable bonds is 6. The second kappa shape index (κ2) is 8.54. The molecule has 0 aliphatic rings. The van der Waals surface area contributed by atoms with Gasteiger partial charge < -0.3 is 19.3 Å². The van der Waals surface area contributed by atoms with Gasteiger partial charge in [-0.15, -0.1) is 0 Å². The Balaban J connectivity index is 1.50. The van der Waals surface area contributed by atoms with Crippen molar-refractivity contribution in [3.05, 3.63) is 74.3 Å². The third-order valence-corrected chi connectivity index (χ3v) is 6.22. The number of aryl methyl sites for hydroxylation is 4. The molecule has 6 heteroatoms. The predicted octanol–water partition coefficient (Wildman–Crippen LogP) is 4.77. The molecule has 4 rings (SSSR count). The van der Waals surface area contributed by atoms with Crippen LogP contribution in [0.2, 0.25) is 0 Å². The third-order valence-electron chi connectivity index (χ3n) is 6.22. The SMILES string of the molecule is Cc1oc2c(C)c3oc(=O)c(CCC(=O)NCCc4ccc(O)cc4)c(C)c3cc2c1C. The Morgan fingerprint density at radius 3 is 2.28 bits per heavy atom. The topological polar surface area (TPSA) is 92.7 Å². The first kappa shape index (κ1) is 21.7. The molecule has 0 saturated carbocycles. The fourth-order valence-corrected chi connectivity index (χ4v) is 4.12. The maximum Gasteiger partial charge on any atom is 0.339 e. The van der Waals surface area contributed by atoms with Crippen molar-refractivity contribution in [2.24, 2.45) is 0 Å². The van der Waals surface area contributed by atoms with Crippen LogP contribution in [-0.4, -0.2) is 17.6 Å². The average molecular weight is 434 g/mol. The van der Waals surface area contributed by atoms with Crippen molar-refractivity contribution in [3.8, 4) is 5.75 Å². The zero-order valence-corrected chi connectivity index (χ0v) is 18.8. The van der Waals surface area contributed by atoms with Gasteiger partial charge in [-0.3, -0.25) is 4.79 Å². The van der Waals surface area contributed by atoms with Gasteiger partial charge in [0.25, 0.3) is 0 Å². The van der Waals surface area contributed by atoms with Crippen LogP contribution in [0.5, 0.6) is 5.75 Å². The second-order valence-electron chi connectivity index (χ2n) is 8.30. The van der Waals surface area contributed by atoms with Gasteiger partial charge in [0.05, 0.1) is 0 Å². The number of hydrogen-bond donors (Lipinski definition) is 2. The Bertz CT molecular complexity index is 1380. The van der Waals surface area contributed by atoms with Gasteiger partial charge in [0, 0.05) is 34.9 Å². The van der Waals surface area contributed by atoms with E-state index in [-0.39, 0.29) is 18.1 Å². The van der Waals surface area contributed by atoms with Crippen molar-refractivity contribution >= 4 is 27.8 Å². The van der Waals surface area contributed by atoms with Crippen molar-refractivity contribution in [2.75, 3.05) is 6.54 Å². The Hall–Kier alpha value is -3.54. The van der Waals surface area contributed by atoms with Crippen molar-refractivity contribution in [1.29, 1.82) is 0 Å². The summed E-state index contributed by atoms with van der Waals surface area (Å²) in [4.78, 5) is 25.0. The molecule has 0 spiro atoms. The summed E-state index contributed by atoms with van der Waals surface area (Å²) >= 11 is 0. The van der Waals surface area contributed by atoms with Gasteiger partial charge in [-0.05, 0) is 75.4 Å². The predicted molar refractivity (Wildman–Crippen MR) is 124 cm³/mol. The van der Waals surface area contributed by atoms with Crippen LogP contribution in [0.1, 0.15) is 40.0 Å². The van der Waals surface area contributed by atoms with Gasteiger partial charge >= 0.3 is 5.63 Å². The molecular weight excluding hydrogens is 406 g/mol. The number of phenolic OH excluding ortho intramolecular Hbond substituents is 1. The van der Waals surface area contributed by atoms with Gasteiger partial charge in [0.2, 0.25) is 5.91 Å². The van der Waals surface area contributed by atoms with Crippen LogP contribution >= 0.6 is 0 Å². The molecule has 2 aromatic heterocycles. The van der Waals surface area contributed by atoms with Crippen molar-refractivity contribution in [3.63, 3.8) is 0 Å². The molecule has 1 amide bonds. The second-order valence-corrected chi connectivity index (χ2v) is 8.30. The number of amides is 1. The van der Waals surface area contributed by atoms with Crippen molar-refractivity contribution in [2.45, 2.75) is 47.0 Å². The highest BCUT2D eigenvalue weighted by atomic mass is 16.4. The first-order valence-corrected chi connectivity index (χ1v) is 10.8. The summed E-state index contributed by atoms with van der Waals surface area (Å²) in [6.07, 6.45) is 1.19. The van der Waals surface area contributed by atoms with E-state index in [1.54, 1.807) is 12.1 Å². The number of carbonyl (C=O) groups excluding carboxylic acids is 1. The number of benzene rings is 2. The molecule has 166 valence electrons. The van der Waals surface area contributed by atoms with E-state index in [1.807, 2.05) is 45.9 Å². The lowest BCUT2D eigenvalue weighted by Gasteiger charge is -2.10. The number of fused-ring (bicyclic) bond motifs is 2. The summed E-state index contributed by atoms with van der Waals surface area (Å²) in [6, 6.07) is 8.92. The molecule has 0 fully saturated rings. The summed E-state index contributed by atoms with van der Waals surface area (Å²) in [5.74, 6) is 0.953. The Kier molecular flexibility index (Phi) is 5.78. The van der Waals surface area contributed by atoms with Gasteiger partial charge in [0.15, 0.2) is 0 Å². The summed E-state index contributed by atoms with van der Waals surface area (Å²) in [6.45, 7) is 8.24. The molecule has 2 aromatic carbocycles. The van der Waals surface area contributed by atoms with E-state index >= 15 is 0 Å². The molecule has 0 saturated heterocycles.